The molecule has 2 heterocycles. The van der Waals surface area contributed by atoms with Crippen molar-refractivity contribution in [1.29, 1.82) is 0 Å². The van der Waals surface area contributed by atoms with Crippen LogP contribution in [0.4, 0.5) is 4.39 Å². The molecule has 188 valence electrons. The molecule has 0 spiro atoms. The van der Waals surface area contributed by atoms with Crippen molar-refractivity contribution >= 4 is 22.7 Å². The summed E-state index contributed by atoms with van der Waals surface area (Å²) in [5.74, 6) is -0.582. The van der Waals surface area contributed by atoms with Crippen molar-refractivity contribution in [1.82, 2.24) is 0 Å². The molecular weight excluding hydrogens is 477 g/mol. The number of fused-ring (bicyclic) bond motifs is 1. The van der Waals surface area contributed by atoms with Crippen LogP contribution in [0.3, 0.4) is 0 Å². The van der Waals surface area contributed by atoms with Gasteiger partial charge in [0.2, 0.25) is 6.17 Å². The molecule has 0 saturated carbocycles. The number of carbonyl (C=O) groups is 2. The van der Waals surface area contributed by atoms with Gasteiger partial charge in [0.15, 0.2) is 18.5 Å². The van der Waals surface area contributed by atoms with Crippen LogP contribution in [0, 0.1) is 0 Å². The maximum absolute atomic E-state index is 15.9. The Morgan fingerprint density at radius 3 is 2.24 bits per heavy atom. The molecule has 3 aromatic carbocycles. The van der Waals surface area contributed by atoms with Crippen molar-refractivity contribution in [3.05, 3.63) is 108 Å². The minimum absolute atomic E-state index is 0.281. The SMILES string of the molecule is COc1cccc2c[n+]([C@H]3O[C@H](COC(=O)c4ccccc4)[C@@H](OC(=O)c4ccccc4)[C@@H]3F)ccc12. The van der Waals surface area contributed by atoms with Crippen LogP contribution < -0.4 is 9.30 Å². The van der Waals surface area contributed by atoms with Crippen LogP contribution >= 0.6 is 0 Å². The second-order valence-corrected chi connectivity index (χ2v) is 8.57. The summed E-state index contributed by atoms with van der Waals surface area (Å²) in [7, 11) is 1.58. The third kappa shape index (κ3) is 5.15. The maximum Gasteiger partial charge on any atom is 0.338 e. The molecule has 1 aliphatic rings. The second kappa shape index (κ2) is 10.8. The molecule has 1 aromatic heterocycles. The van der Waals surface area contributed by atoms with E-state index in [0.717, 1.165) is 10.8 Å². The zero-order chi connectivity index (χ0) is 25.8. The fourth-order valence-electron chi connectivity index (χ4n) is 4.34. The van der Waals surface area contributed by atoms with Crippen molar-refractivity contribution in [2.75, 3.05) is 13.7 Å². The van der Waals surface area contributed by atoms with Gasteiger partial charge in [-0.1, -0.05) is 42.5 Å². The number of ether oxygens (including phenoxy) is 4. The Morgan fingerprint density at radius 1 is 0.892 bits per heavy atom. The van der Waals surface area contributed by atoms with E-state index in [1.807, 2.05) is 18.2 Å². The minimum atomic E-state index is -1.72. The van der Waals surface area contributed by atoms with Crippen LogP contribution in [0.15, 0.2) is 97.3 Å². The summed E-state index contributed by atoms with van der Waals surface area (Å²) < 4.78 is 39.8. The first-order valence-corrected chi connectivity index (χ1v) is 11.8. The van der Waals surface area contributed by atoms with Crippen LogP contribution in [0.25, 0.3) is 10.8 Å². The van der Waals surface area contributed by atoms with E-state index in [2.05, 4.69) is 0 Å². The first-order chi connectivity index (χ1) is 18.0. The highest BCUT2D eigenvalue weighted by Crippen LogP contribution is 2.33. The van der Waals surface area contributed by atoms with Gasteiger partial charge < -0.3 is 18.9 Å². The van der Waals surface area contributed by atoms with Gasteiger partial charge in [-0.05, 0) is 36.4 Å². The monoisotopic (exact) mass is 502 g/mol. The molecule has 0 bridgehead atoms. The third-order valence-corrected chi connectivity index (χ3v) is 6.22. The lowest BCUT2D eigenvalue weighted by atomic mass is 10.1. The fourth-order valence-corrected chi connectivity index (χ4v) is 4.34. The van der Waals surface area contributed by atoms with Crippen molar-refractivity contribution in [2.45, 2.75) is 24.6 Å². The van der Waals surface area contributed by atoms with Crippen LogP contribution in [0.1, 0.15) is 26.9 Å². The standard InChI is InChI=1S/C29H25FNO6/c1-34-23-14-8-13-21-17-31(16-15-22(21)23)27-25(30)26(37-29(33)20-11-6-3-7-12-20)24(36-27)18-35-28(32)19-9-4-2-5-10-19/h2-17,24-27H,18H2,1H3/q+1/t24-,25+,26-,27+/m1/s1. The molecule has 0 radical (unpaired) electrons. The van der Waals surface area contributed by atoms with Crippen molar-refractivity contribution in [2.24, 2.45) is 0 Å². The van der Waals surface area contributed by atoms with Gasteiger partial charge in [0.25, 0.3) is 6.23 Å². The predicted molar refractivity (Wildman–Crippen MR) is 132 cm³/mol. The Hall–Kier alpha value is -4.30. The van der Waals surface area contributed by atoms with E-state index in [-0.39, 0.29) is 12.2 Å². The highest BCUT2D eigenvalue weighted by atomic mass is 19.1. The zero-order valence-corrected chi connectivity index (χ0v) is 20.0. The molecule has 1 fully saturated rings. The number of halogens is 1. The number of carbonyl (C=O) groups excluding carboxylic acids is 2. The molecule has 37 heavy (non-hydrogen) atoms. The number of alkyl halides is 1. The van der Waals surface area contributed by atoms with E-state index in [4.69, 9.17) is 18.9 Å². The van der Waals surface area contributed by atoms with Gasteiger partial charge in [0.1, 0.15) is 18.5 Å². The molecule has 4 atom stereocenters. The van der Waals surface area contributed by atoms with Crippen molar-refractivity contribution in [3.8, 4) is 5.75 Å². The summed E-state index contributed by atoms with van der Waals surface area (Å²) in [6.45, 7) is -0.292. The quantitative estimate of drug-likeness (QED) is 0.275. The van der Waals surface area contributed by atoms with Gasteiger partial charge in [-0.2, -0.15) is 4.57 Å². The van der Waals surface area contributed by atoms with E-state index < -0.39 is 36.5 Å². The van der Waals surface area contributed by atoms with Crippen LogP contribution in [-0.2, 0) is 14.2 Å². The molecule has 0 amide bonds. The molecule has 8 heteroatoms. The summed E-state index contributed by atoms with van der Waals surface area (Å²) in [6, 6.07) is 24.1. The molecule has 1 saturated heterocycles. The Bertz CT molecular complexity index is 1400. The van der Waals surface area contributed by atoms with Gasteiger partial charge >= 0.3 is 11.9 Å². The average Bonchev–Trinajstić information content (AvgIpc) is 3.26. The average molecular weight is 503 g/mol. The molecule has 0 N–H and O–H groups in total. The number of hydrogen-bond acceptors (Lipinski definition) is 6. The summed E-state index contributed by atoms with van der Waals surface area (Å²) in [5.41, 5.74) is 0.633. The maximum atomic E-state index is 15.9. The highest BCUT2D eigenvalue weighted by Gasteiger charge is 2.53. The van der Waals surface area contributed by atoms with Crippen LogP contribution in [-0.4, -0.2) is 44.0 Å². The fraction of sp³-hybridized carbons (Fsp3) is 0.207. The predicted octanol–water partition coefficient (Wildman–Crippen LogP) is 4.45. The van der Waals surface area contributed by atoms with Gasteiger partial charge in [0, 0.05) is 16.8 Å². The van der Waals surface area contributed by atoms with Crippen LogP contribution in [0.2, 0.25) is 0 Å². The number of rotatable bonds is 7. The Kier molecular flexibility index (Phi) is 7.09. The van der Waals surface area contributed by atoms with Crippen LogP contribution in [0.5, 0.6) is 5.75 Å². The van der Waals surface area contributed by atoms with Gasteiger partial charge in [-0.15, -0.1) is 0 Å². The summed E-state index contributed by atoms with van der Waals surface area (Å²) in [6.07, 6.45) is -1.73. The zero-order valence-electron chi connectivity index (χ0n) is 20.0. The number of nitrogens with zero attached hydrogens (tertiary/aromatic N) is 1. The van der Waals surface area contributed by atoms with E-state index >= 15 is 4.39 Å². The van der Waals surface area contributed by atoms with Crippen molar-refractivity contribution in [3.63, 3.8) is 0 Å². The van der Waals surface area contributed by atoms with Gasteiger partial charge in [0.05, 0.1) is 18.2 Å². The second-order valence-electron chi connectivity index (χ2n) is 8.57. The number of aromatic nitrogens is 1. The minimum Gasteiger partial charge on any atom is -0.496 e. The molecule has 0 unspecified atom stereocenters. The van der Waals surface area contributed by atoms with Gasteiger partial charge in [-0.25, -0.2) is 14.0 Å². The third-order valence-electron chi connectivity index (χ3n) is 6.22. The molecule has 1 aliphatic heterocycles. The number of esters is 2. The largest absolute Gasteiger partial charge is 0.496 e. The lowest BCUT2D eigenvalue weighted by Gasteiger charge is -2.19. The highest BCUT2D eigenvalue weighted by molar-refractivity contribution is 5.90. The first kappa shape index (κ1) is 24.4. The van der Waals surface area contributed by atoms with E-state index in [9.17, 15) is 9.59 Å². The van der Waals surface area contributed by atoms with Crippen molar-refractivity contribution < 1.29 is 37.5 Å². The van der Waals surface area contributed by atoms with E-state index in [1.165, 1.54) is 0 Å². The lowest BCUT2D eigenvalue weighted by Crippen LogP contribution is -2.44. The molecule has 7 nitrogen and oxygen atoms in total. The molecule has 0 aliphatic carbocycles. The Balaban J connectivity index is 1.40. The number of hydrogen-bond donors (Lipinski definition) is 0. The number of pyridine rings is 1. The Labute approximate surface area is 213 Å². The normalized spacial score (nSPS) is 20.9. The summed E-state index contributed by atoms with van der Waals surface area (Å²) >= 11 is 0. The van der Waals surface area contributed by atoms with E-state index in [0.29, 0.717) is 11.3 Å². The first-order valence-electron chi connectivity index (χ1n) is 11.8. The smallest absolute Gasteiger partial charge is 0.338 e. The van der Waals surface area contributed by atoms with E-state index in [1.54, 1.807) is 90.8 Å². The number of methoxy groups -OCH3 is 1. The topological polar surface area (TPSA) is 74.9 Å². The molecule has 4 aromatic rings. The summed E-state index contributed by atoms with van der Waals surface area (Å²) in [5, 5.41) is 1.67. The molecule has 5 rings (SSSR count). The summed E-state index contributed by atoms with van der Waals surface area (Å²) in [4.78, 5) is 25.3. The molecular formula is C29H25FNO6+. The Morgan fingerprint density at radius 2 is 1.57 bits per heavy atom. The number of benzene rings is 3. The van der Waals surface area contributed by atoms with Gasteiger partial charge in [-0.3, -0.25) is 0 Å². The lowest BCUT2D eigenvalue weighted by molar-refractivity contribution is -0.763.